The van der Waals surface area contributed by atoms with Gasteiger partial charge in [0.25, 0.3) is 0 Å². The van der Waals surface area contributed by atoms with Crippen LogP contribution < -0.4 is 5.32 Å². The first-order chi connectivity index (χ1) is 8.43. The summed E-state index contributed by atoms with van der Waals surface area (Å²) in [6.07, 6.45) is 1.31. The third-order valence-corrected chi connectivity index (χ3v) is 3.89. The Morgan fingerprint density at radius 3 is 2.61 bits per heavy atom. The fourth-order valence-electron chi connectivity index (χ4n) is 1.67. The average molecular weight is 322 g/mol. The maximum Gasteiger partial charge on any atom is 0.144 e. The Kier molecular flexibility index (Phi) is 5.69. The van der Waals surface area contributed by atoms with Gasteiger partial charge in [-0.1, -0.05) is 6.92 Å². The van der Waals surface area contributed by atoms with Crippen LogP contribution in [0.5, 0.6) is 0 Å². The predicted molar refractivity (Wildman–Crippen MR) is 71.3 cm³/mol. The van der Waals surface area contributed by atoms with Crippen LogP contribution in [0.2, 0.25) is 0 Å². The van der Waals surface area contributed by atoms with E-state index in [0.29, 0.717) is 6.42 Å². The SMILES string of the molecule is CCC(C)(CCO)NCc1c(F)ccc(Br)c1F. The summed E-state index contributed by atoms with van der Waals surface area (Å²) in [6.45, 7) is 4.04. The molecule has 0 amide bonds. The maximum absolute atomic E-state index is 13.8. The third-order valence-electron chi connectivity index (χ3n) is 3.27. The van der Waals surface area contributed by atoms with Crippen molar-refractivity contribution in [2.24, 2.45) is 0 Å². The van der Waals surface area contributed by atoms with Crippen molar-refractivity contribution in [3.8, 4) is 0 Å². The van der Waals surface area contributed by atoms with Gasteiger partial charge >= 0.3 is 0 Å². The lowest BCUT2D eigenvalue weighted by Gasteiger charge is -2.29. The summed E-state index contributed by atoms with van der Waals surface area (Å²) in [5.41, 5.74) is -0.308. The quantitative estimate of drug-likeness (QED) is 0.787. The second-order valence-electron chi connectivity index (χ2n) is 4.56. The molecule has 0 saturated heterocycles. The molecule has 5 heteroatoms. The third kappa shape index (κ3) is 3.73. The van der Waals surface area contributed by atoms with Gasteiger partial charge in [0, 0.05) is 24.3 Å². The summed E-state index contributed by atoms with van der Waals surface area (Å²) < 4.78 is 27.5. The first-order valence-corrected chi connectivity index (χ1v) is 6.71. The van der Waals surface area contributed by atoms with E-state index in [1.807, 2.05) is 13.8 Å². The smallest absolute Gasteiger partial charge is 0.144 e. The Balaban J connectivity index is 2.83. The highest BCUT2D eigenvalue weighted by Crippen LogP contribution is 2.23. The molecule has 1 aromatic carbocycles. The fourth-order valence-corrected chi connectivity index (χ4v) is 2.04. The average Bonchev–Trinajstić information content (AvgIpc) is 2.34. The van der Waals surface area contributed by atoms with E-state index in [1.165, 1.54) is 12.1 Å². The van der Waals surface area contributed by atoms with E-state index in [0.717, 1.165) is 6.42 Å². The normalized spacial score (nSPS) is 14.6. The summed E-state index contributed by atoms with van der Waals surface area (Å²) in [5, 5.41) is 12.1. The van der Waals surface area contributed by atoms with Crippen LogP contribution in [-0.2, 0) is 6.54 Å². The van der Waals surface area contributed by atoms with E-state index < -0.39 is 11.6 Å². The van der Waals surface area contributed by atoms with E-state index in [2.05, 4.69) is 21.2 Å². The molecule has 0 aromatic heterocycles. The summed E-state index contributed by atoms with van der Waals surface area (Å²) in [4.78, 5) is 0. The van der Waals surface area contributed by atoms with Crippen molar-refractivity contribution in [1.29, 1.82) is 0 Å². The van der Waals surface area contributed by atoms with E-state index >= 15 is 0 Å². The van der Waals surface area contributed by atoms with Gasteiger partial charge in [-0.2, -0.15) is 0 Å². The molecule has 0 aliphatic rings. The van der Waals surface area contributed by atoms with Crippen LogP contribution in [0.1, 0.15) is 32.3 Å². The van der Waals surface area contributed by atoms with Crippen molar-refractivity contribution < 1.29 is 13.9 Å². The molecule has 0 aliphatic heterocycles. The van der Waals surface area contributed by atoms with Crippen LogP contribution in [0, 0.1) is 11.6 Å². The molecule has 1 rings (SSSR count). The molecule has 0 heterocycles. The van der Waals surface area contributed by atoms with Crippen molar-refractivity contribution >= 4 is 15.9 Å². The van der Waals surface area contributed by atoms with Gasteiger partial charge in [-0.25, -0.2) is 8.78 Å². The molecule has 0 bridgehead atoms. The zero-order valence-electron chi connectivity index (χ0n) is 10.6. The van der Waals surface area contributed by atoms with Crippen LogP contribution in [0.3, 0.4) is 0 Å². The molecular formula is C13H18BrF2NO. The number of benzene rings is 1. The number of aliphatic hydroxyl groups is 1. The van der Waals surface area contributed by atoms with Gasteiger partial charge < -0.3 is 10.4 Å². The number of hydrogen-bond acceptors (Lipinski definition) is 2. The van der Waals surface area contributed by atoms with E-state index in [1.54, 1.807) is 0 Å². The van der Waals surface area contributed by atoms with Crippen LogP contribution in [0.25, 0.3) is 0 Å². The molecule has 18 heavy (non-hydrogen) atoms. The minimum absolute atomic E-state index is 0.0157. The zero-order valence-corrected chi connectivity index (χ0v) is 12.2. The fraction of sp³-hybridized carbons (Fsp3) is 0.538. The van der Waals surface area contributed by atoms with Gasteiger partial charge in [0.15, 0.2) is 0 Å². The Bertz CT molecular complexity index is 414. The molecular weight excluding hydrogens is 304 g/mol. The number of nitrogens with one attached hydrogen (secondary N) is 1. The van der Waals surface area contributed by atoms with Gasteiger partial charge in [0.2, 0.25) is 0 Å². The highest BCUT2D eigenvalue weighted by atomic mass is 79.9. The molecule has 0 radical (unpaired) electrons. The van der Waals surface area contributed by atoms with Crippen LogP contribution >= 0.6 is 15.9 Å². The van der Waals surface area contributed by atoms with Crippen molar-refractivity contribution in [2.45, 2.75) is 38.8 Å². The Labute approximate surface area is 115 Å². The van der Waals surface area contributed by atoms with E-state index in [-0.39, 0.29) is 28.7 Å². The predicted octanol–water partition coefficient (Wildman–Crippen LogP) is 3.37. The molecule has 0 aliphatic carbocycles. The molecule has 0 fully saturated rings. The van der Waals surface area contributed by atoms with Crippen molar-refractivity contribution in [2.75, 3.05) is 6.61 Å². The van der Waals surface area contributed by atoms with Crippen LogP contribution in [0.15, 0.2) is 16.6 Å². The first-order valence-electron chi connectivity index (χ1n) is 5.92. The monoisotopic (exact) mass is 321 g/mol. The number of hydrogen-bond donors (Lipinski definition) is 2. The summed E-state index contributed by atoms with van der Waals surface area (Å²) >= 11 is 3.04. The summed E-state index contributed by atoms with van der Waals surface area (Å²) in [5.74, 6) is -1.14. The number of halogens is 3. The lowest BCUT2D eigenvalue weighted by Crippen LogP contribution is -2.42. The van der Waals surface area contributed by atoms with Crippen LogP contribution in [-0.4, -0.2) is 17.3 Å². The molecule has 0 saturated carbocycles. The highest BCUT2D eigenvalue weighted by Gasteiger charge is 2.22. The molecule has 1 aromatic rings. The van der Waals surface area contributed by atoms with Gasteiger partial charge in [-0.05, 0) is 47.8 Å². The van der Waals surface area contributed by atoms with Crippen molar-refractivity contribution in [3.05, 3.63) is 33.8 Å². The minimum atomic E-state index is -0.579. The number of aliphatic hydroxyl groups excluding tert-OH is 1. The summed E-state index contributed by atoms with van der Waals surface area (Å²) in [6, 6.07) is 2.58. The van der Waals surface area contributed by atoms with Crippen molar-refractivity contribution in [3.63, 3.8) is 0 Å². The van der Waals surface area contributed by atoms with Crippen LogP contribution in [0.4, 0.5) is 8.78 Å². The van der Waals surface area contributed by atoms with E-state index in [9.17, 15) is 8.78 Å². The molecule has 2 N–H and O–H groups in total. The van der Waals surface area contributed by atoms with Gasteiger partial charge in [-0.15, -0.1) is 0 Å². The first kappa shape index (κ1) is 15.5. The Morgan fingerprint density at radius 1 is 1.39 bits per heavy atom. The summed E-state index contributed by atoms with van der Waals surface area (Å²) in [7, 11) is 0. The molecule has 1 unspecified atom stereocenters. The molecule has 0 spiro atoms. The second-order valence-corrected chi connectivity index (χ2v) is 5.42. The minimum Gasteiger partial charge on any atom is -0.396 e. The number of rotatable bonds is 6. The largest absolute Gasteiger partial charge is 0.396 e. The van der Waals surface area contributed by atoms with Gasteiger partial charge in [0.1, 0.15) is 11.6 Å². The maximum atomic E-state index is 13.8. The Morgan fingerprint density at radius 2 is 2.06 bits per heavy atom. The Hall–Kier alpha value is -0.520. The molecule has 1 atom stereocenters. The van der Waals surface area contributed by atoms with Gasteiger partial charge in [-0.3, -0.25) is 0 Å². The molecule has 102 valence electrons. The standard InChI is InChI=1S/C13H18BrF2NO/c1-3-13(2,6-7-18)17-8-9-11(15)5-4-10(14)12(9)16/h4-5,17-18H,3,6-8H2,1-2H3. The zero-order chi connectivity index (χ0) is 13.8. The second kappa shape index (κ2) is 6.59. The van der Waals surface area contributed by atoms with Crippen molar-refractivity contribution in [1.82, 2.24) is 5.32 Å². The lowest BCUT2D eigenvalue weighted by atomic mass is 9.94. The molecule has 2 nitrogen and oxygen atoms in total. The topological polar surface area (TPSA) is 32.3 Å². The van der Waals surface area contributed by atoms with Gasteiger partial charge in [0.05, 0.1) is 4.47 Å². The van der Waals surface area contributed by atoms with E-state index in [4.69, 9.17) is 5.11 Å². The lowest BCUT2D eigenvalue weighted by molar-refractivity contribution is 0.213. The highest BCUT2D eigenvalue weighted by molar-refractivity contribution is 9.10.